The molecule has 15 heavy (non-hydrogen) atoms. The molecule has 4 heteroatoms. The SMILES string of the molecule is CC(C)(C)CCOCc1cnc(N)cn1. The van der Waals surface area contributed by atoms with Crippen LogP contribution in [-0.4, -0.2) is 16.6 Å². The highest BCUT2D eigenvalue weighted by molar-refractivity contribution is 5.22. The molecule has 4 nitrogen and oxygen atoms in total. The van der Waals surface area contributed by atoms with Crippen molar-refractivity contribution in [2.75, 3.05) is 12.3 Å². The summed E-state index contributed by atoms with van der Waals surface area (Å²) in [5.74, 6) is 0.438. The minimum atomic E-state index is 0.312. The highest BCUT2D eigenvalue weighted by Gasteiger charge is 2.09. The minimum Gasteiger partial charge on any atom is -0.382 e. The van der Waals surface area contributed by atoms with E-state index < -0.39 is 0 Å². The summed E-state index contributed by atoms with van der Waals surface area (Å²) >= 11 is 0. The van der Waals surface area contributed by atoms with Crippen molar-refractivity contribution < 1.29 is 4.74 Å². The number of rotatable bonds is 4. The van der Waals surface area contributed by atoms with Crippen LogP contribution >= 0.6 is 0 Å². The first-order chi connectivity index (χ1) is 6.97. The summed E-state index contributed by atoms with van der Waals surface area (Å²) in [4.78, 5) is 8.04. The second-order valence-electron chi connectivity index (χ2n) is 4.80. The van der Waals surface area contributed by atoms with Gasteiger partial charge in [-0.2, -0.15) is 0 Å². The highest BCUT2D eigenvalue weighted by atomic mass is 16.5. The topological polar surface area (TPSA) is 61.0 Å². The van der Waals surface area contributed by atoms with Crippen LogP contribution in [0.4, 0.5) is 5.82 Å². The smallest absolute Gasteiger partial charge is 0.141 e. The Kier molecular flexibility index (Phi) is 4.03. The molecule has 1 aromatic rings. The second kappa shape index (κ2) is 5.07. The molecule has 1 heterocycles. The van der Waals surface area contributed by atoms with Crippen LogP contribution in [0.1, 0.15) is 32.9 Å². The molecule has 0 saturated heterocycles. The van der Waals surface area contributed by atoms with E-state index >= 15 is 0 Å². The molecular weight excluding hydrogens is 190 g/mol. The summed E-state index contributed by atoms with van der Waals surface area (Å²) in [6.45, 7) is 7.83. The van der Waals surface area contributed by atoms with Gasteiger partial charge in [0.1, 0.15) is 5.82 Å². The van der Waals surface area contributed by atoms with E-state index in [9.17, 15) is 0 Å². The monoisotopic (exact) mass is 209 g/mol. The maximum Gasteiger partial charge on any atom is 0.141 e. The summed E-state index contributed by atoms with van der Waals surface area (Å²) in [6, 6.07) is 0. The van der Waals surface area contributed by atoms with E-state index in [1.807, 2.05) is 0 Å². The van der Waals surface area contributed by atoms with Gasteiger partial charge in [-0.15, -0.1) is 0 Å². The average molecular weight is 209 g/mol. The predicted octanol–water partition coefficient (Wildman–Crippen LogP) is 2.01. The number of hydrogen-bond acceptors (Lipinski definition) is 4. The zero-order chi connectivity index (χ0) is 11.3. The zero-order valence-electron chi connectivity index (χ0n) is 9.66. The van der Waals surface area contributed by atoms with Crippen LogP contribution in [0.15, 0.2) is 12.4 Å². The molecule has 0 amide bonds. The van der Waals surface area contributed by atoms with Gasteiger partial charge in [0.2, 0.25) is 0 Å². The van der Waals surface area contributed by atoms with Gasteiger partial charge in [0.05, 0.1) is 24.7 Å². The van der Waals surface area contributed by atoms with Crippen molar-refractivity contribution in [3.05, 3.63) is 18.1 Å². The summed E-state index contributed by atoms with van der Waals surface area (Å²) in [6.07, 6.45) is 4.23. The molecule has 0 unspecified atom stereocenters. The van der Waals surface area contributed by atoms with Crippen LogP contribution in [0.2, 0.25) is 0 Å². The lowest BCUT2D eigenvalue weighted by Crippen LogP contribution is -2.09. The van der Waals surface area contributed by atoms with Gasteiger partial charge in [0.25, 0.3) is 0 Å². The Morgan fingerprint density at radius 2 is 2.00 bits per heavy atom. The van der Waals surface area contributed by atoms with Gasteiger partial charge in [-0.3, -0.25) is 4.98 Å². The van der Waals surface area contributed by atoms with E-state index in [0.29, 0.717) is 17.8 Å². The fourth-order valence-corrected chi connectivity index (χ4v) is 0.994. The number of nitrogen functional groups attached to an aromatic ring is 1. The predicted molar refractivity (Wildman–Crippen MR) is 60.2 cm³/mol. The van der Waals surface area contributed by atoms with Crippen LogP contribution in [0.25, 0.3) is 0 Å². The number of ether oxygens (including phenoxy) is 1. The van der Waals surface area contributed by atoms with Crippen LogP contribution in [0, 0.1) is 5.41 Å². The van der Waals surface area contributed by atoms with Gasteiger partial charge in [-0.1, -0.05) is 20.8 Å². The third-order valence-electron chi connectivity index (χ3n) is 1.97. The van der Waals surface area contributed by atoms with Crippen molar-refractivity contribution in [2.45, 2.75) is 33.8 Å². The van der Waals surface area contributed by atoms with Gasteiger partial charge in [-0.05, 0) is 11.8 Å². The van der Waals surface area contributed by atoms with Crippen LogP contribution in [0.5, 0.6) is 0 Å². The molecule has 0 aromatic carbocycles. The van der Waals surface area contributed by atoms with Crippen molar-refractivity contribution >= 4 is 5.82 Å². The van der Waals surface area contributed by atoms with E-state index in [1.165, 1.54) is 0 Å². The highest BCUT2D eigenvalue weighted by Crippen LogP contribution is 2.18. The summed E-state index contributed by atoms with van der Waals surface area (Å²) in [5, 5.41) is 0. The molecule has 2 N–H and O–H groups in total. The summed E-state index contributed by atoms with van der Waals surface area (Å²) in [7, 11) is 0. The Morgan fingerprint density at radius 3 is 2.53 bits per heavy atom. The van der Waals surface area contributed by atoms with Crippen LogP contribution in [-0.2, 0) is 11.3 Å². The Bertz CT molecular complexity index is 290. The normalized spacial score (nSPS) is 11.7. The van der Waals surface area contributed by atoms with Crippen molar-refractivity contribution in [1.82, 2.24) is 9.97 Å². The first-order valence-corrected chi connectivity index (χ1v) is 5.11. The molecule has 0 aliphatic heterocycles. The fourth-order valence-electron chi connectivity index (χ4n) is 0.994. The lowest BCUT2D eigenvalue weighted by Gasteiger charge is -2.17. The maximum atomic E-state index is 5.49. The number of anilines is 1. The van der Waals surface area contributed by atoms with E-state index in [1.54, 1.807) is 12.4 Å². The Morgan fingerprint density at radius 1 is 1.27 bits per heavy atom. The summed E-state index contributed by atoms with van der Waals surface area (Å²) < 4.78 is 5.49. The Balaban J connectivity index is 2.23. The standard InChI is InChI=1S/C11H19N3O/c1-11(2,3)4-5-15-8-9-6-14-10(12)7-13-9/h6-7H,4-5,8H2,1-3H3,(H2,12,14). The van der Waals surface area contributed by atoms with Gasteiger partial charge in [0, 0.05) is 6.61 Å². The average Bonchev–Trinajstić information content (AvgIpc) is 2.14. The molecule has 0 bridgehead atoms. The molecule has 0 atom stereocenters. The zero-order valence-corrected chi connectivity index (χ0v) is 9.66. The fraction of sp³-hybridized carbons (Fsp3) is 0.636. The molecule has 0 aliphatic rings. The number of nitrogens with two attached hydrogens (primary N) is 1. The number of hydrogen-bond donors (Lipinski definition) is 1. The molecule has 0 aliphatic carbocycles. The van der Waals surface area contributed by atoms with Gasteiger partial charge >= 0.3 is 0 Å². The van der Waals surface area contributed by atoms with Crippen LogP contribution < -0.4 is 5.73 Å². The molecule has 84 valence electrons. The molecule has 1 rings (SSSR count). The van der Waals surface area contributed by atoms with Gasteiger partial charge < -0.3 is 10.5 Å². The molecule has 0 spiro atoms. The van der Waals surface area contributed by atoms with Crippen molar-refractivity contribution in [1.29, 1.82) is 0 Å². The van der Waals surface area contributed by atoms with Crippen molar-refractivity contribution in [2.24, 2.45) is 5.41 Å². The molecule has 0 fully saturated rings. The summed E-state index contributed by atoms with van der Waals surface area (Å²) in [5.41, 5.74) is 6.55. The maximum absolute atomic E-state index is 5.49. The quantitative estimate of drug-likeness (QED) is 0.770. The third kappa shape index (κ3) is 5.32. The molecule has 0 saturated carbocycles. The largest absolute Gasteiger partial charge is 0.382 e. The van der Waals surface area contributed by atoms with E-state index in [2.05, 4.69) is 30.7 Å². The van der Waals surface area contributed by atoms with Crippen LogP contribution in [0.3, 0.4) is 0 Å². The lowest BCUT2D eigenvalue weighted by molar-refractivity contribution is 0.0939. The van der Waals surface area contributed by atoms with E-state index in [0.717, 1.165) is 18.7 Å². The number of aromatic nitrogens is 2. The van der Waals surface area contributed by atoms with E-state index in [-0.39, 0.29) is 0 Å². The lowest BCUT2D eigenvalue weighted by atomic mass is 9.93. The van der Waals surface area contributed by atoms with Crippen molar-refractivity contribution in [3.8, 4) is 0 Å². The molecule has 0 radical (unpaired) electrons. The Hall–Kier alpha value is -1.16. The molecule has 1 aromatic heterocycles. The van der Waals surface area contributed by atoms with Gasteiger partial charge in [0.15, 0.2) is 0 Å². The number of nitrogens with zero attached hydrogens (tertiary/aromatic N) is 2. The first kappa shape index (κ1) is 11.9. The third-order valence-corrected chi connectivity index (χ3v) is 1.97. The van der Waals surface area contributed by atoms with Gasteiger partial charge in [-0.25, -0.2) is 4.98 Å². The van der Waals surface area contributed by atoms with Crippen molar-refractivity contribution in [3.63, 3.8) is 0 Å². The second-order valence-corrected chi connectivity index (χ2v) is 4.80. The van der Waals surface area contributed by atoms with E-state index in [4.69, 9.17) is 10.5 Å². The molecular formula is C11H19N3O. The minimum absolute atomic E-state index is 0.312. The Labute approximate surface area is 90.9 Å². The first-order valence-electron chi connectivity index (χ1n) is 5.11.